The summed E-state index contributed by atoms with van der Waals surface area (Å²) in [5.41, 5.74) is 2.11. The van der Waals surface area contributed by atoms with Gasteiger partial charge in [-0.25, -0.2) is 8.42 Å². The van der Waals surface area contributed by atoms with Crippen molar-refractivity contribution in [3.8, 4) is 0 Å². The normalized spacial score (nSPS) is 11.6. The SMILES string of the molecule is Cc1ccccc1N(CC(=O)N(CCCN(C)C)Cc1ccc(Cl)c(Cl)c1)S(C)(=O)=O. The van der Waals surface area contributed by atoms with E-state index in [1.54, 1.807) is 29.2 Å². The Kier molecular flexibility index (Phi) is 9.18. The second-order valence-electron chi connectivity index (χ2n) is 7.78. The molecule has 0 aromatic heterocycles. The van der Waals surface area contributed by atoms with Crippen LogP contribution in [0.1, 0.15) is 17.5 Å². The molecule has 0 spiro atoms. The van der Waals surface area contributed by atoms with Crippen molar-refractivity contribution in [2.45, 2.75) is 19.9 Å². The van der Waals surface area contributed by atoms with Gasteiger partial charge in [0.25, 0.3) is 0 Å². The number of nitrogens with zero attached hydrogens (tertiary/aromatic N) is 3. The number of aryl methyl sites for hydroxylation is 1. The van der Waals surface area contributed by atoms with Crippen molar-refractivity contribution in [2.24, 2.45) is 0 Å². The fraction of sp³-hybridized carbons (Fsp3) is 0.409. The van der Waals surface area contributed by atoms with E-state index in [1.165, 1.54) is 4.31 Å². The zero-order valence-electron chi connectivity index (χ0n) is 18.3. The average Bonchev–Trinajstić information content (AvgIpc) is 2.67. The number of hydrogen-bond donors (Lipinski definition) is 0. The van der Waals surface area contributed by atoms with Crippen LogP contribution in [0.25, 0.3) is 0 Å². The first-order valence-electron chi connectivity index (χ1n) is 9.89. The quantitative estimate of drug-likeness (QED) is 0.509. The fourth-order valence-corrected chi connectivity index (χ4v) is 4.40. The van der Waals surface area contributed by atoms with Gasteiger partial charge in [-0.2, -0.15) is 0 Å². The minimum absolute atomic E-state index is 0.271. The van der Waals surface area contributed by atoms with E-state index in [0.29, 0.717) is 28.8 Å². The highest BCUT2D eigenvalue weighted by molar-refractivity contribution is 7.92. The number of hydrogen-bond acceptors (Lipinski definition) is 4. The van der Waals surface area contributed by atoms with Crippen molar-refractivity contribution in [1.29, 1.82) is 0 Å². The van der Waals surface area contributed by atoms with Gasteiger partial charge in [0.15, 0.2) is 0 Å². The van der Waals surface area contributed by atoms with Gasteiger partial charge in [-0.15, -0.1) is 0 Å². The lowest BCUT2D eigenvalue weighted by molar-refractivity contribution is -0.130. The van der Waals surface area contributed by atoms with Crippen LogP contribution >= 0.6 is 23.2 Å². The largest absolute Gasteiger partial charge is 0.337 e. The van der Waals surface area contributed by atoms with Crippen molar-refractivity contribution in [3.63, 3.8) is 0 Å². The zero-order chi connectivity index (χ0) is 23.2. The van der Waals surface area contributed by atoms with Gasteiger partial charge >= 0.3 is 0 Å². The minimum Gasteiger partial charge on any atom is -0.337 e. The van der Waals surface area contributed by atoms with E-state index in [2.05, 4.69) is 0 Å². The summed E-state index contributed by atoms with van der Waals surface area (Å²) in [5.74, 6) is -0.279. The molecule has 0 N–H and O–H groups in total. The molecule has 0 saturated heterocycles. The van der Waals surface area contributed by atoms with Gasteiger partial charge in [0, 0.05) is 13.1 Å². The topological polar surface area (TPSA) is 60.9 Å². The Balaban J connectivity index is 2.28. The number of sulfonamides is 1. The third-order valence-electron chi connectivity index (χ3n) is 4.81. The van der Waals surface area contributed by atoms with E-state index in [4.69, 9.17) is 23.2 Å². The second-order valence-corrected chi connectivity index (χ2v) is 10.5. The Labute approximate surface area is 195 Å². The predicted octanol–water partition coefficient (Wildman–Crippen LogP) is 4.05. The molecule has 0 fully saturated rings. The second kappa shape index (κ2) is 11.2. The van der Waals surface area contributed by atoms with E-state index in [9.17, 15) is 13.2 Å². The van der Waals surface area contributed by atoms with Gasteiger partial charge in [-0.3, -0.25) is 9.10 Å². The number of amides is 1. The molecule has 0 aliphatic carbocycles. The molecule has 2 rings (SSSR count). The first kappa shape index (κ1) is 25.5. The number of benzene rings is 2. The van der Waals surface area contributed by atoms with Gasteiger partial charge in [0.2, 0.25) is 15.9 Å². The summed E-state index contributed by atoms with van der Waals surface area (Å²) in [6.45, 7) is 3.16. The van der Waals surface area contributed by atoms with Gasteiger partial charge in [0.1, 0.15) is 6.54 Å². The molecular formula is C22H29Cl2N3O3S. The molecule has 0 bridgehead atoms. The molecule has 0 atom stereocenters. The summed E-state index contributed by atoms with van der Waals surface area (Å²) in [6.07, 6.45) is 1.87. The lowest BCUT2D eigenvalue weighted by atomic mass is 10.2. The Morgan fingerprint density at radius 1 is 1.00 bits per heavy atom. The third kappa shape index (κ3) is 7.68. The maximum Gasteiger partial charge on any atom is 0.243 e. The Morgan fingerprint density at radius 2 is 1.68 bits per heavy atom. The molecule has 2 aromatic rings. The van der Waals surface area contributed by atoms with Gasteiger partial charge in [0.05, 0.1) is 22.0 Å². The molecule has 0 aliphatic heterocycles. The Morgan fingerprint density at radius 3 is 2.26 bits per heavy atom. The van der Waals surface area contributed by atoms with E-state index in [0.717, 1.165) is 30.3 Å². The van der Waals surface area contributed by atoms with Crippen LogP contribution in [0, 0.1) is 6.92 Å². The van der Waals surface area contributed by atoms with Gasteiger partial charge < -0.3 is 9.80 Å². The highest BCUT2D eigenvalue weighted by Crippen LogP contribution is 2.24. The molecular weight excluding hydrogens is 457 g/mol. The van der Waals surface area contributed by atoms with Crippen LogP contribution in [-0.4, -0.2) is 64.1 Å². The number of carbonyl (C=O) groups excluding carboxylic acids is 1. The molecule has 6 nitrogen and oxygen atoms in total. The summed E-state index contributed by atoms with van der Waals surface area (Å²) in [4.78, 5) is 17.0. The summed E-state index contributed by atoms with van der Waals surface area (Å²) >= 11 is 12.1. The monoisotopic (exact) mass is 485 g/mol. The van der Waals surface area contributed by atoms with Crippen LogP contribution < -0.4 is 4.31 Å². The van der Waals surface area contributed by atoms with Crippen molar-refractivity contribution in [1.82, 2.24) is 9.80 Å². The molecule has 170 valence electrons. The third-order valence-corrected chi connectivity index (χ3v) is 6.67. The molecule has 0 heterocycles. The predicted molar refractivity (Wildman–Crippen MR) is 128 cm³/mol. The summed E-state index contributed by atoms with van der Waals surface area (Å²) in [5, 5.41) is 0.858. The van der Waals surface area contributed by atoms with E-state index in [-0.39, 0.29) is 12.5 Å². The Bertz CT molecular complexity index is 1010. The van der Waals surface area contributed by atoms with Crippen molar-refractivity contribution >= 4 is 44.8 Å². The molecule has 9 heteroatoms. The van der Waals surface area contributed by atoms with E-state index in [1.807, 2.05) is 44.1 Å². The van der Waals surface area contributed by atoms with Crippen LogP contribution in [-0.2, 0) is 21.4 Å². The number of carbonyl (C=O) groups is 1. The number of anilines is 1. The maximum absolute atomic E-state index is 13.3. The smallest absolute Gasteiger partial charge is 0.243 e. The number of para-hydroxylation sites is 1. The zero-order valence-corrected chi connectivity index (χ0v) is 20.6. The fourth-order valence-electron chi connectivity index (χ4n) is 3.18. The molecule has 0 aliphatic rings. The molecule has 2 aromatic carbocycles. The average molecular weight is 486 g/mol. The van der Waals surface area contributed by atoms with Crippen LogP contribution in [0.3, 0.4) is 0 Å². The highest BCUT2D eigenvalue weighted by Gasteiger charge is 2.25. The standard InChI is InChI=1S/C22H29Cl2N3O3S/c1-17-8-5-6-9-21(17)27(31(4,29)30)16-22(28)26(13-7-12-25(2)3)15-18-10-11-19(23)20(24)14-18/h5-6,8-11,14H,7,12-13,15-16H2,1-4H3. The van der Waals surface area contributed by atoms with Crippen LogP contribution in [0.15, 0.2) is 42.5 Å². The van der Waals surface area contributed by atoms with Crippen LogP contribution in [0.5, 0.6) is 0 Å². The van der Waals surface area contributed by atoms with Crippen molar-refractivity contribution < 1.29 is 13.2 Å². The maximum atomic E-state index is 13.3. The minimum atomic E-state index is -3.65. The van der Waals surface area contributed by atoms with Crippen molar-refractivity contribution in [3.05, 3.63) is 63.6 Å². The first-order chi connectivity index (χ1) is 14.5. The highest BCUT2D eigenvalue weighted by atomic mass is 35.5. The summed E-state index contributed by atoms with van der Waals surface area (Å²) in [6, 6.07) is 12.4. The summed E-state index contributed by atoms with van der Waals surface area (Å²) in [7, 11) is 0.285. The molecule has 31 heavy (non-hydrogen) atoms. The van der Waals surface area contributed by atoms with E-state index < -0.39 is 10.0 Å². The van der Waals surface area contributed by atoms with E-state index >= 15 is 0 Å². The molecule has 0 unspecified atom stereocenters. The lowest BCUT2D eigenvalue weighted by Crippen LogP contribution is -2.43. The summed E-state index contributed by atoms with van der Waals surface area (Å²) < 4.78 is 26.2. The van der Waals surface area contributed by atoms with Crippen molar-refractivity contribution in [2.75, 3.05) is 44.3 Å². The number of rotatable bonds is 10. The number of halogens is 2. The van der Waals surface area contributed by atoms with Crippen LogP contribution in [0.4, 0.5) is 5.69 Å². The van der Waals surface area contributed by atoms with Crippen LogP contribution in [0.2, 0.25) is 10.0 Å². The van der Waals surface area contributed by atoms with Gasteiger partial charge in [-0.05, 0) is 63.3 Å². The molecule has 0 radical (unpaired) electrons. The molecule has 1 amide bonds. The molecule has 0 saturated carbocycles. The Hall–Kier alpha value is -1.80. The first-order valence-corrected chi connectivity index (χ1v) is 12.5. The lowest BCUT2D eigenvalue weighted by Gasteiger charge is -2.29. The van der Waals surface area contributed by atoms with Gasteiger partial charge in [-0.1, -0.05) is 47.5 Å².